The normalized spacial score (nSPS) is 15.4. The van der Waals surface area contributed by atoms with E-state index in [4.69, 9.17) is 9.15 Å². The van der Waals surface area contributed by atoms with E-state index >= 15 is 0 Å². The second-order valence-corrected chi connectivity index (χ2v) is 3.46. The van der Waals surface area contributed by atoms with Crippen LogP contribution in [0.25, 0.3) is 0 Å². The Morgan fingerprint density at radius 1 is 1.24 bits per heavy atom. The van der Waals surface area contributed by atoms with E-state index in [9.17, 15) is 9.59 Å². The highest BCUT2D eigenvalue weighted by atomic mass is 16.5. The molecular weight excluding hydrogens is 226 g/mol. The summed E-state index contributed by atoms with van der Waals surface area (Å²) in [6.45, 7) is 2.06. The quantitative estimate of drug-likeness (QED) is 0.674. The first-order valence-electron chi connectivity index (χ1n) is 5.24. The monoisotopic (exact) mass is 239 g/mol. The number of morpholine rings is 1. The molecule has 7 nitrogen and oxygen atoms in total. The lowest BCUT2D eigenvalue weighted by molar-refractivity contribution is 0.0518. The molecule has 1 aliphatic rings. The predicted molar refractivity (Wildman–Crippen MR) is 57.1 cm³/mol. The van der Waals surface area contributed by atoms with Crippen LogP contribution in [0.15, 0.2) is 22.8 Å². The minimum Gasteiger partial charge on any atom is -0.459 e. The van der Waals surface area contributed by atoms with E-state index in [0.717, 1.165) is 0 Å². The van der Waals surface area contributed by atoms with Crippen LogP contribution in [0.1, 0.15) is 10.6 Å². The van der Waals surface area contributed by atoms with Gasteiger partial charge in [-0.05, 0) is 12.1 Å². The number of urea groups is 1. The highest BCUT2D eigenvalue weighted by Gasteiger charge is 2.17. The minimum absolute atomic E-state index is 0.146. The summed E-state index contributed by atoms with van der Waals surface area (Å²) in [5.74, 6) is -0.344. The molecule has 1 aliphatic heterocycles. The van der Waals surface area contributed by atoms with Crippen LogP contribution in [0.2, 0.25) is 0 Å². The van der Waals surface area contributed by atoms with E-state index in [1.807, 2.05) is 0 Å². The highest BCUT2D eigenvalue weighted by molar-refractivity contribution is 5.92. The van der Waals surface area contributed by atoms with Gasteiger partial charge in [0.25, 0.3) is 0 Å². The number of rotatable bonds is 1. The van der Waals surface area contributed by atoms with Gasteiger partial charge in [-0.25, -0.2) is 10.2 Å². The highest BCUT2D eigenvalue weighted by Crippen LogP contribution is 1.99. The van der Waals surface area contributed by atoms with E-state index in [2.05, 4.69) is 10.9 Å². The first-order valence-corrected chi connectivity index (χ1v) is 5.24. The zero-order valence-corrected chi connectivity index (χ0v) is 9.14. The molecule has 1 fully saturated rings. The van der Waals surface area contributed by atoms with E-state index in [1.165, 1.54) is 12.3 Å². The number of furan rings is 1. The third-order valence-corrected chi connectivity index (χ3v) is 2.33. The standard InChI is InChI=1S/C10H13N3O4/c14-9(8-2-1-5-17-8)11-12-10(15)13-3-6-16-7-4-13/h1-2,5H,3-4,6-7H2,(H,11,14)(H,12,15). The lowest BCUT2D eigenvalue weighted by atomic mass is 10.4. The van der Waals surface area contributed by atoms with Gasteiger partial charge in [0, 0.05) is 13.1 Å². The van der Waals surface area contributed by atoms with Crippen molar-refractivity contribution in [3.8, 4) is 0 Å². The fourth-order valence-electron chi connectivity index (χ4n) is 1.43. The maximum Gasteiger partial charge on any atom is 0.336 e. The first kappa shape index (κ1) is 11.5. The molecule has 1 aromatic heterocycles. The predicted octanol–water partition coefficient (Wildman–Crippen LogP) is -0.0338. The van der Waals surface area contributed by atoms with Gasteiger partial charge in [0.1, 0.15) is 0 Å². The molecular formula is C10H13N3O4. The van der Waals surface area contributed by atoms with Crippen LogP contribution in [-0.4, -0.2) is 43.1 Å². The average molecular weight is 239 g/mol. The Bertz CT molecular complexity index is 384. The van der Waals surface area contributed by atoms with Crippen molar-refractivity contribution in [2.75, 3.05) is 26.3 Å². The number of nitrogens with zero attached hydrogens (tertiary/aromatic N) is 1. The van der Waals surface area contributed by atoms with Crippen molar-refractivity contribution in [1.29, 1.82) is 0 Å². The molecule has 17 heavy (non-hydrogen) atoms. The molecule has 0 saturated carbocycles. The molecule has 1 saturated heterocycles. The van der Waals surface area contributed by atoms with Crippen molar-refractivity contribution >= 4 is 11.9 Å². The Morgan fingerprint density at radius 3 is 2.65 bits per heavy atom. The molecule has 92 valence electrons. The molecule has 2 heterocycles. The van der Waals surface area contributed by atoms with Crippen LogP contribution in [0.4, 0.5) is 4.79 Å². The molecule has 1 aromatic rings. The maximum atomic E-state index is 11.6. The molecule has 2 rings (SSSR count). The summed E-state index contributed by atoms with van der Waals surface area (Å²) < 4.78 is 9.99. The van der Waals surface area contributed by atoms with Gasteiger partial charge in [0.15, 0.2) is 5.76 Å². The summed E-state index contributed by atoms with van der Waals surface area (Å²) in [4.78, 5) is 24.6. The fraction of sp³-hybridized carbons (Fsp3) is 0.400. The summed E-state index contributed by atoms with van der Waals surface area (Å²) in [6, 6.07) is 2.75. The Labute approximate surface area is 97.7 Å². The van der Waals surface area contributed by atoms with E-state index in [-0.39, 0.29) is 11.8 Å². The van der Waals surface area contributed by atoms with Crippen LogP contribution in [0, 0.1) is 0 Å². The summed E-state index contributed by atoms with van der Waals surface area (Å²) in [5, 5.41) is 0. The Balaban J connectivity index is 1.77. The van der Waals surface area contributed by atoms with E-state index < -0.39 is 5.91 Å². The Hall–Kier alpha value is -2.02. The molecule has 2 N–H and O–H groups in total. The van der Waals surface area contributed by atoms with Gasteiger partial charge in [0.2, 0.25) is 0 Å². The molecule has 0 atom stereocenters. The summed E-state index contributed by atoms with van der Waals surface area (Å²) >= 11 is 0. The molecule has 0 bridgehead atoms. The topological polar surface area (TPSA) is 83.8 Å². The van der Waals surface area contributed by atoms with Crippen molar-refractivity contribution < 1.29 is 18.7 Å². The summed E-state index contributed by atoms with van der Waals surface area (Å²) in [7, 11) is 0. The molecule has 0 unspecified atom stereocenters. The van der Waals surface area contributed by atoms with Gasteiger partial charge in [0.05, 0.1) is 19.5 Å². The van der Waals surface area contributed by atoms with Crippen molar-refractivity contribution in [1.82, 2.24) is 15.8 Å². The molecule has 3 amide bonds. The number of hydrogen-bond donors (Lipinski definition) is 2. The number of nitrogens with one attached hydrogen (secondary N) is 2. The van der Waals surface area contributed by atoms with Crippen molar-refractivity contribution in [2.45, 2.75) is 0 Å². The number of amides is 3. The molecule has 0 radical (unpaired) electrons. The first-order chi connectivity index (χ1) is 8.27. The van der Waals surface area contributed by atoms with Crippen LogP contribution in [-0.2, 0) is 4.74 Å². The molecule has 0 spiro atoms. The number of ether oxygens (including phenoxy) is 1. The SMILES string of the molecule is O=C(NNC(=O)N1CCOCC1)c1ccco1. The van der Waals surface area contributed by atoms with E-state index in [1.54, 1.807) is 11.0 Å². The summed E-state index contributed by atoms with van der Waals surface area (Å²) in [6.07, 6.45) is 1.39. The molecule has 0 aliphatic carbocycles. The smallest absolute Gasteiger partial charge is 0.336 e. The minimum atomic E-state index is -0.489. The number of hydrogen-bond acceptors (Lipinski definition) is 4. The van der Waals surface area contributed by atoms with Crippen molar-refractivity contribution in [2.24, 2.45) is 0 Å². The van der Waals surface area contributed by atoms with Gasteiger partial charge in [-0.15, -0.1) is 0 Å². The third kappa shape index (κ3) is 2.97. The van der Waals surface area contributed by atoms with Crippen LogP contribution >= 0.6 is 0 Å². The second kappa shape index (κ2) is 5.35. The third-order valence-electron chi connectivity index (χ3n) is 2.33. The Kier molecular flexibility index (Phi) is 3.61. The number of carbonyl (C=O) groups excluding carboxylic acids is 2. The second-order valence-electron chi connectivity index (χ2n) is 3.46. The van der Waals surface area contributed by atoms with Crippen LogP contribution in [0.5, 0.6) is 0 Å². The number of hydrazine groups is 1. The van der Waals surface area contributed by atoms with Crippen LogP contribution < -0.4 is 10.9 Å². The zero-order valence-electron chi connectivity index (χ0n) is 9.14. The van der Waals surface area contributed by atoms with Crippen molar-refractivity contribution in [3.63, 3.8) is 0 Å². The van der Waals surface area contributed by atoms with Crippen LogP contribution in [0.3, 0.4) is 0 Å². The maximum absolute atomic E-state index is 11.6. The lowest BCUT2D eigenvalue weighted by Crippen LogP contribution is -2.51. The number of carbonyl (C=O) groups is 2. The van der Waals surface area contributed by atoms with E-state index in [0.29, 0.717) is 26.3 Å². The lowest BCUT2D eigenvalue weighted by Gasteiger charge is -2.26. The van der Waals surface area contributed by atoms with Gasteiger partial charge in [-0.2, -0.15) is 0 Å². The van der Waals surface area contributed by atoms with Crippen molar-refractivity contribution in [3.05, 3.63) is 24.2 Å². The van der Waals surface area contributed by atoms with Gasteiger partial charge in [-0.3, -0.25) is 10.2 Å². The fourth-order valence-corrected chi connectivity index (χ4v) is 1.43. The zero-order chi connectivity index (χ0) is 12.1. The largest absolute Gasteiger partial charge is 0.459 e. The van der Waals surface area contributed by atoms with Gasteiger partial charge >= 0.3 is 11.9 Å². The molecule has 7 heteroatoms. The molecule has 0 aromatic carbocycles. The average Bonchev–Trinajstić information content (AvgIpc) is 2.90. The van der Waals surface area contributed by atoms with Gasteiger partial charge in [-0.1, -0.05) is 0 Å². The Morgan fingerprint density at radius 2 is 2.00 bits per heavy atom. The van der Waals surface area contributed by atoms with Gasteiger partial charge < -0.3 is 14.1 Å². The summed E-state index contributed by atoms with van der Waals surface area (Å²) in [5.41, 5.74) is 4.58.